The summed E-state index contributed by atoms with van der Waals surface area (Å²) >= 11 is 0. The van der Waals surface area contributed by atoms with Crippen molar-refractivity contribution < 1.29 is 0 Å². The van der Waals surface area contributed by atoms with Gasteiger partial charge in [0.15, 0.2) is 5.82 Å². The molecule has 1 heterocycles. The van der Waals surface area contributed by atoms with E-state index < -0.39 is 0 Å². The van der Waals surface area contributed by atoms with Crippen LogP contribution < -0.4 is 0 Å². The standard InChI is InChI=1S/C13H16N4/c1-10(2)8-9-12-14-16-13(17-15-12)11-6-4-3-5-7-11/h3-7,10H,8-9H2,1-2H3. The lowest BCUT2D eigenvalue weighted by Crippen LogP contribution is -2.04. The summed E-state index contributed by atoms with van der Waals surface area (Å²) in [6.45, 7) is 4.36. The molecule has 0 aliphatic heterocycles. The molecule has 0 aliphatic rings. The Balaban J connectivity index is 2.08. The maximum absolute atomic E-state index is 4.10. The van der Waals surface area contributed by atoms with Gasteiger partial charge >= 0.3 is 0 Å². The van der Waals surface area contributed by atoms with Crippen LogP contribution in [0.3, 0.4) is 0 Å². The van der Waals surface area contributed by atoms with Crippen molar-refractivity contribution in [2.24, 2.45) is 5.92 Å². The van der Waals surface area contributed by atoms with Crippen LogP contribution in [0, 0.1) is 5.92 Å². The van der Waals surface area contributed by atoms with Gasteiger partial charge in [-0.15, -0.1) is 20.4 Å². The number of nitrogens with zero attached hydrogens (tertiary/aromatic N) is 4. The van der Waals surface area contributed by atoms with Gasteiger partial charge in [0.25, 0.3) is 0 Å². The molecule has 1 aromatic heterocycles. The molecule has 2 rings (SSSR count). The van der Waals surface area contributed by atoms with E-state index in [9.17, 15) is 0 Å². The van der Waals surface area contributed by atoms with E-state index in [-0.39, 0.29) is 0 Å². The maximum atomic E-state index is 4.10. The predicted octanol–water partition coefficient (Wildman–Crippen LogP) is 2.52. The first-order valence-electron chi connectivity index (χ1n) is 5.87. The van der Waals surface area contributed by atoms with Gasteiger partial charge in [0.1, 0.15) is 0 Å². The Morgan fingerprint density at radius 2 is 1.59 bits per heavy atom. The molecule has 0 saturated carbocycles. The first kappa shape index (κ1) is 11.6. The molecule has 0 amide bonds. The van der Waals surface area contributed by atoms with Gasteiger partial charge < -0.3 is 0 Å². The van der Waals surface area contributed by atoms with Gasteiger partial charge in [0.2, 0.25) is 5.82 Å². The molecule has 0 N–H and O–H groups in total. The number of aromatic nitrogens is 4. The first-order valence-corrected chi connectivity index (χ1v) is 5.87. The minimum atomic E-state index is 0.582. The quantitative estimate of drug-likeness (QED) is 0.806. The van der Waals surface area contributed by atoms with Crippen molar-refractivity contribution in [1.29, 1.82) is 0 Å². The van der Waals surface area contributed by atoms with Gasteiger partial charge in [-0.3, -0.25) is 0 Å². The highest BCUT2D eigenvalue weighted by molar-refractivity contribution is 5.52. The molecule has 0 unspecified atom stereocenters. The fourth-order valence-corrected chi connectivity index (χ4v) is 1.47. The van der Waals surface area contributed by atoms with E-state index in [1.165, 1.54) is 0 Å². The zero-order valence-electron chi connectivity index (χ0n) is 10.2. The highest BCUT2D eigenvalue weighted by atomic mass is 15.3. The number of benzene rings is 1. The van der Waals surface area contributed by atoms with E-state index in [4.69, 9.17) is 0 Å². The molecule has 0 saturated heterocycles. The smallest absolute Gasteiger partial charge is 0.131 e. The first-order chi connectivity index (χ1) is 8.25. The summed E-state index contributed by atoms with van der Waals surface area (Å²) in [5.74, 6) is 1.95. The molecule has 2 aromatic rings. The Bertz CT molecular complexity index is 451. The molecule has 0 spiro atoms. The van der Waals surface area contributed by atoms with Crippen LogP contribution in [-0.4, -0.2) is 20.4 Å². The van der Waals surface area contributed by atoms with E-state index in [0.29, 0.717) is 11.7 Å². The van der Waals surface area contributed by atoms with Crippen LogP contribution in [0.15, 0.2) is 30.3 Å². The Hall–Kier alpha value is -1.84. The normalized spacial score (nSPS) is 10.8. The summed E-state index contributed by atoms with van der Waals surface area (Å²) in [7, 11) is 0. The van der Waals surface area contributed by atoms with Crippen molar-refractivity contribution in [1.82, 2.24) is 20.4 Å². The highest BCUT2D eigenvalue weighted by Gasteiger charge is 2.04. The second-order valence-electron chi connectivity index (χ2n) is 4.44. The van der Waals surface area contributed by atoms with Crippen LogP contribution in [-0.2, 0) is 6.42 Å². The van der Waals surface area contributed by atoms with Crippen LogP contribution in [0.2, 0.25) is 0 Å². The van der Waals surface area contributed by atoms with Gasteiger partial charge in [0, 0.05) is 12.0 Å². The molecular formula is C13H16N4. The molecule has 4 nitrogen and oxygen atoms in total. The monoisotopic (exact) mass is 228 g/mol. The number of aryl methyl sites for hydroxylation is 1. The van der Waals surface area contributed by atoms with Crippen LogP contribution >= 0.6 is 0 Å². The summed E-state index contributed by atoms with van der Waals surface area (Å²) in [6.07, 6.45) is 1.90. The Morgan fingerprint density at radius 1 is 0.941 bits per heavy atom. The van der Waals surface area contributed by atoms with Crippen molar-refractivity contribution in [2.75, 3.05) is 0 Å². The second-order valence-corrected chi connectivity index (χ2v) is 4.44. The largest absolute Gasteiger partial charge is 0.203 e. The maximum Gasteiger partial charge on any atom is 0.203 e. The molecule has 0 aliphatic carbocycles. The van der Waals surface area contributed by atoms with E-state index >= 15 is 0 Å². The molecule has 17 heavy (non-hydrogen) atoms. The molecule has 0 fully saturated rings. The van der Waals surface area contributed by atoms with Gasteiger partial charge in [-0.05, 0) is 12.3 Å². The van der Waals surface area contributed by atoms with Gasteiger partial charge in [-0.1, -0.05) is 44.2 Å². The SMILES string of the molecule is CC(C)CCc1nnc(-c2ccccc2)nn1. The second kappa shape index (κ2) is 5.48. The van der Waals surface area contributed by atoms with Gasteiger partial charge in [0.05, 0.1) is 0 Å². The third-order valence-corrected chi connectivity index (χ3v) is 2.50. The average Bonchev–Trinajstić information content (AvgIpc) is 2.38. The summed E-state index contributed by atoms with van der Waals surface area (Å²) in [6, 6.07) is 9.76. The van der Waals surface area contributed by atoms with Crippen molar-refractivity contribution in [3.63, 3.8) is 0 Å². The van der Waals surface area contributed by atoms with Crippen molar-refractivity contribution in [3.05, 3.63) is 36.2 Å². The molecular weight excluding hydrogens is 212 g/mol. The molecule has 1 aromatic carbocycles. The van der Waals surface area contributed by atoms with Crippen molar-refractivity contribution in [2.45, 2.75) is 26.7 Å². The van der Waals surface area contributed by atoms with E-state index in [2.05, 4.69) is 34.2 Å². The lowest BCUT2D eigenvalue weighted by atomic mass is 10.1. The fourth-order valence-electron chi connectivity index (χ4n) is 1.47. The molecule has 0 radical (unpaired) electrons. The molecule has 88 valence electrons. The van der Waals surface area contributed by atoms with Crippen molar-refractivity contribution >= 4 is 0 Å². The van der Waals surface area contributed by atoms with Gasteiger partial charge in [-0.25, -0.2) is 0 Å². The van der Waals surface area contributed by atoms with Crippen LogP contribution in [0.4, 0.5) is 0 Å². The third kappa shape index (κ3) is 3.31. The lowest BCUT2D eigenvalue weighted by molar-refractivity contribution is 0.565. The van der Waals surface area contributed by atoms with Gasteiger partial charge in [-0.2, -0.15) is 0 Å². The number of rotatable bonds is 4. The van der Waals surface area contributed by atoms with E-state index in [1.807, 2.05) is 30.3 Å². The highest BCUT2D eigenvalue weighted by Crippen LogP contribution is 2.11. The number of hydrogen-bond acceptors (Lipinski definition) is 4. The third-order valence-electron chi connectivity index (χ3n) is 2.50. The Kier molecular flexibility index (Phi) is 3.75. The summed E-state index contributed by atoms with van der Waals surface area (Å²) in [5, 5.41) is 16.4. The zero-order valence-corrected chi connectivity index (χ0v) is 10.2. The molecule has 0 bridgehead atoms. The molecule has 4 heteroatoms. The van der Waals surface area contributed by atoms with E-state index in [1.54, 1.807) is 0 Å². The summed E-state index contributed by atoms with van der Waals surface area (Å²) < 4.78 is 0. The zero-order chi connectivity index (χ0) is 12.1. The number of hydrogen-bond donors (Lipinski definition) is 0. The van der Waals surface area contributed by atoms with Crippen molar-refractivity contribution in [3.8, 4) is 11.4 Å². The summed E-state index contributed by atoms with van der Waals surface area (Å²) in [5.41, 5.74) is 0.947. The predicted molar refractivity (Wildman–Crippen MR) is 66.2 cm³/mol. The summed E-state index contributed by atoms with van der Waals surface area (Å²) in [4.78, 5) is 0. The van der Waals surface area contributed by atoms with Crippen LogP contribution in [0.1, 0.15) is 26.1 Å². The Labute approximate surface area is 101 Å². The minimum absolute atomic E-state index is 0.582. The lowest BCUT2D eigenvalue weighted by Gasteiger charge is -2.02. The van der Waals surface area contributed by atoms with Crippen LogP contribution in [0.5, 0.6) is 0 Å². The minimum Gasteiger partial charge on any atom is -0.131 e. The Morgan fingerprint density at radius 3 is 2.18 bits per heavy atom. The topological polar surface area (TPSA) is 51.6 Å². The average molecular weight is 228 g/mol. The fraction of sp³-hybridized carbons (Fsp3) is 0.385. The molecule has 0 atom stereocenters. The van der Waals surface area contributed by atoms with E-state index in [0.717, 1.165) is 24.2 Å². The van der Waals surface area contributed by atoms with Crippen LogP contribution in [0.25, 0.3) is 11.4 Å².